The molecule has 0 spiro atoms. The third-order valence-electron chi connectivity index (χ3n) is 3.66. The maximum absolute atomic E-state index is 2.57. The number of hydrogen-bond acceptors (Lipinski definition) is 1. The van der Waals surface area contributed by atoms with Crippen molar-refractivity contribution in [2.24, 2.45) is 0 Å². The molecule has 92 valence electrons. The molecular weight excluding hydrogens is 206 g/mol. The van der Waals surface area contributed by atoms with E-state index in [0.29, 0.717) is 0 Å². The lowest BCUT2D eigenvalue weighted by Crippen LogP contribution is -2.31. The monoisotopic (exact) mass is 229 g/mol. The van der Waals surface area contributed by atoms with Crippen LogP contribution in [-0.4, -0.2) is 24.5 Å². The van der Waals surface area contributed by atoms with Gasteiger partial charge in [0.25, 0.3) is 0 Å². The zero-order valence-electron chi connectivity index (χ0n) is 11.3. The lowest BCUT2D eigenvalue weighted by Gasteiger charge is -2.30. The van der Waals surface area contributed by atoms with Gasteiger partial charge in [-0.25, -0.2) is 0 Å². The Kier molecular flexibility index (Phi) is 4.01. The van der Waals surface area contributed by atoms with Crippen molar-refractivity contribution in [1.29, 1.82) is 0 Å². The number of aryl methyl sites for hydroxylation is 1. The smallest absolute Gasteiger partial charge is 0.0196 e. The van der Waals surface area contributed by atoms with Gasteiger partial charge < -0.3 is 0 Å². The second kappa shape index (κ2) is 5.50. The molecule has 1 aliphatic heterocycles. The molecule has 0 aromatic heterocycles. The molecule has 1 aromatic carbocycles. The summed E-state index contributed by atoms with van der Waals surface area (Å²) >= 11 is 0. The molecule has 2 rings (SSSR count). The van der Waals surface area contributed by atoms with Crippen molar-refractivity contribution in [3.8, 4) is 0 Å². The molecule has 1 heterocycles. The molecule has 1 aliphatic rings. The molecule has 0 unspecified atom stereocenters. The van der Waals surface area contributed by atoms with Crippen LogP contribution in [0.4, 0.5) is 0 Å². The largest absolute Gasteiger partial charge is 0.299 e. The highest BCUT2D eigenvalue weighted by Gasteiger charge is 2.17. The Bertz CT molecular complexity index is 417. The van der Waals surface area contributed by atoms with Crippen LogP contribution in [0.5, 0.6) is 0 Å². The topological polar surface area (TPSA) is 3.24 Å². The molecular formula is C16H23N. The van der Waals surface area contributed by atoms with Crippen LogP contribution in [0, 0.1) is 6.92 Å². The van der Waals surface area contributed by atoms with Gasteiger partial charge in [-0.1, -0.05) is 36.8 Å². The molecule has 1 nitrogen and oxygen atoms in total. The molecule has 1 heteroatoms. The third kappa shape index (κ3) is 2.78. The first-order valence-electron chi connectivity index (χ1n) is 6.69. The second-order valence-corrected chi connectivity index (χ2v) is 5.10. The Morgan fingerprint density at radius 3 is 2.59 bits per heavy atom. The fraction of sp³-hybridized carbons (Fsp3) is 0.500. The molecule has 0 atom stereocenters. The maximum Gasteiger partial charge on any atom is 0.0196 e. The molecule has 0 fully saturated rings. The van der Waals surface area contributed by atoms with Gasteiger partial charge in [-0.2, -0.15) is 0 Å². The first kappa shape index (κ1) is 12.4. The van der Waals surface area contributed by atoms with E-state index in [1.807, 2.05) is 0 Å². The highest BCUT2D eigenvalue weighted by Crippen LogP contribution is 2.29. The Morgan fingerprint density at radius 2 is 1.94 bits per heavy atom. The summed E-state index contributed by atoms with van der Waals surface area (Å²) in [6.45, 7) is 10.4. The van der Waals surface area contributed by atoms with E-state index < -0.39 is 0 Å². The van der Waals surface area contributed by atoms with Crippen molar-refractivity contribution in [1.82, 2.24) is 4.90 Å². The van der Waals surface area contributed by atoms with E-state index in [1.165, 1.54) is 37.1 Å². The Hall–Kier alpha value is -1.08. The van der Waals surface area contributed by atoms with E-state index in [2.05, 4.69) is 49.9 Å². The molecule has 17 heavy (non-hydrogen) atoms. The molecule has 0 radical (unpaired) electrons. The highest BCUT2D eigenvalue weighted by atomic mass is 15.1. The van der Waals surface area contributed by atoms with Crippen LogP contribution < -0.4 is 0 Å². The summed E-state index contributed by atoms with van der Waals surface area (Å²) in [6.07, 6.45) is 2.46. The van der Waals surface area contributed by atoms with Crippen LogP contribution in [0.3, 0.4) is 0 Å². The summed E-state index contributed by atoms with van der Waals surface area (Å²) in [5.74, 6) is 0. The number of rotatable bonds is 3. The van der Waals surface area contributed by atoms with E-state index in [0.717, 1.165) is 6.54 Å². The third-order valence-corrected chi connectivity index (χ3v) is 3.66. The SMILES string of the molecule is CCCN1CCC(c2ccccc2C)=C(C)C1. The summed E-state index contributed by atoms with van der Waals surface area (Å²) in [4.78, 5) is 2.57. The van der Waals surface area contributed by atoms with E-state index in [4.69, 9.17) is 0 Å². The Balaban J connectivity index is 2.23. The maximum atomic E-state index is 2.57. The van der Waals surface area contributed by atoms with Gasteiger partial charge in [0.1, 0.15) is 0 Å². The lowest BCUT2D eigenvalue weighted by atomic mass is 9.91. The average molecular weight is 229 g/mol. The van der Waals surface area contributed by atoms with Gasteiger partial charge in [0.15, 0.2) is 0 Å². The minimum Gasteiger partial charge on any atom is -0.299 e. The van der Waals surface area contributed by atoms with Gasteiger partial charge in [-0.15, -0.1) is 0 Å². The zero-order valence-corrected chi connectivity index (χ0v) is 11.3. The second-order valence-electron chi connectivity index (χ2n) is 5.10. The fourth-order valence-corrected chi connectivity index (χ4v) is 2.78. The fourth-order valence-electron chi connectivity index (χ4n) is 2.78. The summed E-state index contributed by atoms with van der Waals surface area (Å²) < 4.78 is 0. The van der Waals surface area contributed by atoms with Crippen molar-refractivity contribution < 1.29 is 0 Å². The number of benzene rings is 1. The van der Waals surface area contributed by atoms with Crippen molar-refractivity contribution in [2.45, 2.75) is 33.6 Å². The number of hydrogen-bond donors (Lipinski definition) is 0. The quantitative estimate of drug-likeness (QED) is 0.760. The first-order valence-corrected chi connectivity index (χ1v) is 6.69. The lowest BCUT2D eigenvalue weighted by molar-refractivity contribution is 0.294. The molecule has 1 aromatic rings. The van der Waals surface area contributed by atoms with Crippen LogP contribution >= 0.6 is 0 Å². The van der Waals surface area contributed by atoms with Crippen molar-refractivity contribution in [3.05, 3.63) is 41.0 Å². The van der Waals surface area contributed by atoms with E-state index in [1.54, 1.807) is 11.1 Å². The minimum atomic E-state index is 1.15. The normalized spacial score (nSPS) is 17.6. The zero-order chi connectivity index (χ0) is 12.3. The first-order chi connectivity index (χ1) is 8.22. The molecule has 0 saturated heterocycles. The van der Waals surface area contributed by atoms with Crippen molar-refractivity contribution in [3.63, 3.8) is 0 Å². The average Bonchev–Trinajstić information content (AvgIpc) is 2.31. The summed E-state index contributed by atoms with van der Waals surface area (Å²) in [7, 11) is 0. The molecule has 0 aliphatic carbocycles. The van der Waals surface area contributed by atoms with Gasteiger partial charge >= 0.3 is 0 Å². The molecule has 0 saturated carbocycles. The van der Waals surface area contributed by atoms with Gasteiger partial charge in [-0.05, 0) is 49.9 Å². The molecule has 0 N–H and O–H groups in total. The van der Waals surface area contributed by atoms with Gasteiger partial charge in [0, 0.05) is 13.1 Å². The van der Waals surface area contributed by atoms with Gasteiger partial charge in [0.05, 0.1) is 0 Å². The summed E-state index contributed by atoms with van der Waals surface area (Å²) in [6, 6.07) is 8.76. The van der Waals surface area contributed by atoms with Crippen LogP contribution in [0.2, 0.25) is 0 Å². The van der Waals surface area contributed by atoms with Crippen molar-refractivity contribution in [2.75, 3.05) is 19.6 Å². The van der Waals surface area contributed by atoms with E-state index in [-0.39, 0.29) is 0 Å². The van der Waals surface area contributed by atoms with Crippen LogP contribution in [-0.2, 0) is 0 Å². The van der Waals surface area contributed by atoms with E-state index >= 15 is 0 Å². The van der Waals surface area contributed by atoms with Gasteiger partial charge in [-0.3, -0.25) is 4.90 Å². The summed E-state index contributed by atoms with van der Waals surface area (Å²) in [5, 5.41) is 0. The van der Waals surface area contributed by atoms with Crippen LogP contribution in [0.15, 0.2) is 29.8 Å². The minimum absolute atomic E-state index is 1.15. The van der Waals surface area contributed by atoms with Gasteiger partial charge in [0.2, 0.25) is 0 Å². The van der Waals surface area contributed by atoms with Crippen LogP contribution in [0.25, 0.3) is 5.57 Å². The highest BCUT2D eigenvalue weighted by molar-refractivity contribution is 5.71. The number of nitrogens with zero attached hydrogens (tertiary/aromatic N) is 1. The molecule has 0 bridgehead atoms. The Morgan fingerprint density at radius 1 is 1.18 bits per heavy atom. The van der Waals surface area contributed by atoms with Crippen molar-refractivity contribution >= 4 is 5.57 Å². The van der Waals surface area contributed by atoms with E-state index in [9.17, 15) is 0 Å². The summed E-state index contributed by atoms with van der Waals surface area (Å²) in [5.41, 5.74) is 6.00. The van der Waals surface area contributed by atoms with Crippen LogP contribution in [0.1, 0.15) is 37.8 Å². The Labute approximate surface area is 105 Å². The predicted octanol–water partition coefficient (Wildman–Crippen LogP) is 3.88. The molecule has 0 amide bonds. The standard InChI is InChI=1S/C16H23N/c1-4-10-17-11-9-16(14(3)12-17)15-8-6-5-7-13(15)2/h5-8H,4,9-12H2,1-3H3. The predicted molar refractivity (Wildman–Crippen MR) is 75.1 cm³/mol.